The Bertz CT molecular complexity index is 1000. The van der Waals surface area contributed by atoms with Gasteiger partial charge in [0.05, 0.1) is 24.0 Å². The summed E-state index contributed by atoms with van der Waals surface area (Å²) in [4.78, 5) is 10.9. The molecule has 0 saturated carbocycles. The number of sulfonamides is 1. The van der Waals surface area contributed by atoms with Gasteiger partial charge in [-0.25, -0.2) is 8.42 Å². The number of hydrogen-bond acceptors (Lipinski definition) is 7. The van der Waals surface area contributed by atoms with Crippen LogP contribution < -0.4 is 14.8 Å². The smallest absolute Gasteiger partial charge is 0.294 e. The number of nitrogens with one attached hydrogen (secondary N) is 1. The van der Waals surface area contributed by atoms with Crippen LogP contribution in [0.3, 0.4) is 0 Å². The number of methoxy groups -OCH3 is 2. The van der Waals surface area contributed by atoms with Gasteiger partial charge in [0.25, 0.3) is 5.69 Å². The van der Waals surface area contributed by atoms with Crippen molar-refractivity contribution >= 4 is 27.1 Å². The Balaban J connectivity index is 2.52. The summed E-state index contributed by atoms with van der Waals surface area (Å²) < 4.78 is 37.2. The molecular formula is C19H25N3O6S. The lowest BCUT2D eigenvalue weighted by atomic mass is 10.1. The van der Waals surface area contributed by atoms with Crippen LogP contribution in [0.1, 0.15) is 19.4 Å². The molecule has 158 valence electrons. The van der Waals surface area contributed by atoms with Gasteiger partial charge in [0.1, 0.15) is 5.69 Å². The summed E-state index contributed by atoms with van der Waals surface area (Å²) in [6.07, 6.45) is 0. The van der Waals surface area contributed by atoms with Gasteiger partial charge in [-0.15, -0.1) is 0 Å². The van der Waals surface area contributed by atoms with Crippen molar-refractivity contribution in [3.63, 3.8) is 0 Å². The van der Waals surface area contributed by atoms with Gasteiger partial charge in [0.2, 0.25) is 10.0 Å². The molecule has 9 nitrogen and oxygen atoms in total. The predicted molar refractivity (Wildman–Crippen MR) is 111 cm³/mol. The van der Waals surface area contributed by atoms with Gasteiger partial charge in [0, 0.05) is 30.9 Å². The fraction of sp³-hybridized carbons (Fsp3) is 0.368. The maximum absolute atomic E-state index is 12.7. The summed E-state index contributed by atoms with van der Waals surface area (Å²) in [5.74, 6) is 0.995. The minimum absolute atomic E-state index is 0.123. The van der Waals surface area contributed by atoms with E-state index in [1.165, 1.54) is 30.7 Å². The monoisotopic (exact) mass is 423 g/mol. The summed E-state index contributed by atoms with van der Waals surface area (Å²) in [7, 11) is -0.800. The second-order valence-corrected chi connectivity index (χ2v) is 8.11. The van der Waals surface area contributed by atoms with Crippen molar-refractivity contribution in [2.75, 3.05) is 32.6 Å². The van der Waals surface area contributed by atoms with Crippen LogP contribution in [-0.2, 0) is 10.0 Å². The fourth-order valence-corrected chi connectivity index (χ4v) is 4.38. The van der Waals surface area contributed by atoms with Crippen LogP contribution >= 0.6 is 0 Å². The molecule has 0 aromatic heterocycles. The Morgan fingerprint density at radius 2 is 1.62 bits per heavy atom. The van der Waals surface area contributed by atoms with Gasteiger partial charge in [0.15, 0.2) is 11.5 Å². The molecule has 0 unspecified atom stereocenters. The van der Waals surface area contributed by atoms with Crippen LogP contribution in [0.2, 0.25) is 0 Å². The molecule has 0 bridgehead atoms. The number of hydrogen-bond donors (Lipinski definition) is 1. The Labute approximate surface area is 170 Å². The first-order valence-corrected chi connectivity index (χ1v) is 10.4. The molecule has 0 aliphatic rings. The maximum atomic E-state index is 12.7. The number of rotatable bonds is 9. The zero-order valence-corrected chi connectivity index (χ0v) is 17.9. The van der Waals surface area contributed by atoms with Crippen LogP contribution in [0, 0.1) is 17.0 Å². The van der Waals surface area contributed by atoms with Crippen molar-refractivity contribution < 1.29 is 22.8 Å². The molecule has 2 aromatic carbocycles. The summed E-state index contributed by atoms with van der Waals surface area (Å²) in [6, 6.07) is 7.24. The predicted octanol–water partition coefficient (Wildman–Crippen LogP) is 3.69. The summed E-state index contributed by atoms with van der Waals surface area (Å²) in [5, 5.41) is 14.6. The highest BCUT2D eigenvalue weighted by Gasteiger charge is 2.26. The molecule has 0 radical (unpaired) electrons. The molecule has 10 heteroatoms. The molecule has 0 aliphatic carbocycles. The number of nitrogens with zero attached hydrogens (tertiary/aromatic N) is 2. The van der Waals surface area contributed by atoms with E-state index in [9.17, 15) is 18.5 Å². The third-order valence-electron chi connectivity index (χ3n) is 4.51. The average Bonchev–Trinajstić information content (AvgIpc) is 2.69. The minimum Gasteiger partial charge on any atom is -0.493 e. The van der Waals surface area contributed by atoms with E-state index in [4.69, 9.17) is 9.47 Å². The molecular weight excluding hydrogens is 398 g/mol. The summed E-state index contributed by atoms with van der Waals surface area (Å²) >= 11 is 0. The first kappa shape index (κ1) is 22.4. The SMILES string of the molecule is CCN(CC)S(=O)(=O)c1ccc(Nc2cc(OC)c(OC)cc2C)c([N+](=O)[O-])c1. The molecule has 0 aliphatic heterocycles. The molecule has 0 heterocycles. The number of nitro groups is 1. The second kappa shape index (κ2) is 9.10. The molecule has 0 saturated heterocycles. The van der Waals surface area contributed by atoms with Crippen molar-refractivity contribution in [1.82, 2.24) is 4.31 Å². The van der Waals surface area contributed by atoms with Crippen LogP contribution in [0.5, 0.6) is 11.5 Å². The van der Waals surface area contributed by atoms with Crippen molar-refractivity contribution in [3.05, 3.63) is 46.0 Å². The summed E-state index contributed by atoms with van der Waals surface area (Å²) in [6.45, 7) is 5.79. The topological polar surface area (TPSA) is 111 Å². The van der Waals surface area contributed by atoms with E-state index in [0.29, 0.717) is 17.2 Å². The van der Waals surface area contributed by atoms with Gasteiger partial charge < -0.3 is 14.8 Å². The highest BCUT2D eigenvalue weighted by Crippen LogP contribution is 2.37. The van der Waals surface area contributed by atoms with E-state index < -0.39 is 14.9 Å². The number of aryl methyl sites for hydroxylation is 1. The first-order valence-electron chi connectivity index (χ1n) is 8.97. The molecule has 0 fully saturated rings. The average molecular weight is 423 g/mol. The van der Waals surface area contributed by atoms with Crippen molar-refractivity contribution in [3.8, 4) is 11.5 Å². The van der Waals surface area contributed by atoms with Gasteiger partial charge in [-0.05, 0) is 30.7 Å². The summed E-state index contributed by atoms with van der Waals surface area (Å²) in [5.41, 5.74) is 1.18. The fourth-order valence-electron chi connectivity index (χ4n) is 2.90. The molecule has 2 aromatic rings. The second-order valence-electron chi connectivity index (χ2n) is 6.17. The van der Waals surface area contributed by atoms with E-state index in [2.05, 4.69) is 5.32 Å². The van der Waals surface area contributed by atoms with Crippen LogP contribution in [0.4, 0.5) is 17.1 Å². The number of ether oxygens (including phenoxy) is 2. The van der Waals surface area contributed by atoms with Gasteiger partial charge >= 0.3 is 0 Å². The molecule has 0 amide bonds. The van der Waals surface area contributed by atoms with E-state index in [1.54, 1.807) is 26.0 Å². The Morgan fingerprint density at radius 3 is 2.14 bits per heavy atom. The van der Waals surface area contributed by atoms with E-state index in [0.717, 1.165) is 11.6 Å². The normalized spacial score (nSPS) is 11.4. The lowest BCUT2D eigenvalue weighted by Gasteiger charge is -2.19. The maximum Gasteiger partial charge on any atom is 0.294 e. The largest absolute Gasteiger partial charge is 0.493 e. The number of nitro benzene ring substituents is 1. The molecule has 29 heavy (non-hydrogen) atoms. The quantitative estimate of drug-likeness (QED) is 0.483. The molecule has 0 spiro atoms. The van der Waals surface area contributed by atoms with Crippen molar-refractivity contribution in [2.24, 2.45) is 0 Å². The van der Waals surface area contributed by atoms with E-state index in [-0.39, 0.29) is 29.4 Å². The van der Waals surface area contributed by atoms with Crippen molar-refractivity contribution in [2.45, 2.75) is 25.7 Å². The number of benzene rings is 2. The van der Waals surface area contributed by atoms with Crippen LogP contribution in [-0.4, -0.2) is 45.0 Å². The third-order valence-corrected chi connectivity index (χ3v) is 6.55. The Morgan fingerprint density at radius 1 is 1.03 bits per heavy atom. The molecule has 0 atom stereocenters. The van der Waals surface area contributed by atoms with Gasteiger partial charge in [-0.2, -0.15) is 4.31 Å². The van der Waals surface area contributed by atoms with Crippen LogP contribution in [0.25, 0.3) is 0 Å². The van der Waals surface area contributed by atoms with Crippen LogP contribution in [0.15, 0.2) is 35.2 Å². The van der Waals surface area contributed by atoms with E-state index >= 15 is 0 Å². The molecule has 2 rings (SSSR count). The third kappa shape index (κ3) is 4.60. The highest BCUT2D eigenvalue weighted by molar-refractivity contribution is 7.89. The lowest BCUT2D eigenvalue weighted by molar-refractivity contribution is -0.384. The Kier molecular flexibility index (Phi) is 7.04. The zero-order valence-electron chi connectivity index (χ0n) is 17.1. The van der Waals surface area contributed by atoms with Crippen molar-refractivity contribution in [1.29, 1.82) is 0 Å². The zero-order chi connectivity index (χ0) is 21.8. The van der Waals surface area contributed by atoms with Gasteiger partial charge in [-0.1, -0.05) is 13.8 Å². The minimum atomic E-state index is -3.81. The highest BCUT2D eigenvalue weighted by atomic mass is 32.2. The van der Waals surface area contributed by atoms with E-state index in [1.807, 2.05) is 6.92 Å². The first-order chi connectivity index (χ1) is 13.7. The number of anilines is 2. The standard InChI is InChI=1S/C19H25N3O6S/c1-6-21(7-2)29(25,26)14-8-9-15(17(11-14)22(23)24)20-16-12-19(28-5)18(27-4)10-13(16)3/h8-12,20H,6-7H2,1-5H3. The van der Waals surface area contributed by atoms with Gasteiger partial charge in [-0.3, -0.25) is 10.1 Å². The Hall–Kier alpha value is -2.85. The lowest BCUT2D eigenvalue weighted by Crippen LogP contribution is -2.30. The molecule has 1 N–H and O–H groups in total.